The Hall–Kier alpha value is -2.00. The number of amides is 1. The highest BCUT2D eigenvalue weighted by molar-refractivity contribution is 6.31. The molecule has 0 aliphatic rings. The normalized spacial score (nSPS) is 11.9. The quantitative estimate of drug-likeness (QED) is 0.831. The van der Waals surface area contributed by atoms with Crippen LogP contribution < -0.4 is 10.1 Å². The van der Waals surface area contributed by atoms with Crippen molar-refractivity contribution in [3.05, 3.63) is 58.1 Å². The van der Waals surface area contributed by atoms with Gasteiger partial charge >= 0.3 is 0 Å². The summed E-state index contributed by atoms with van der Waals surface area (Å²) in [6.45, 7) is 7.87. The minimum absolute atomic E-state index is 0.169. The Kier molecular flexibility index (Phi) is 5.67. The molecule has 0 aromatic heterocycles. The van der Waals surface area contributed by atoms with Crippen LogP contribution >= 0.6 is 11.6 Å². The first kappa shape index (κ1) is 17.4. The van der Waals surface area contributed by atoms with Crippen LogP contribution in [0.3, 0.4) is 0 Å². The molecule has 122 valence electrons. The van der Waals surface area contributed by atoms with Gasteiger partial charge < -0.3 is 10.1 Å². The minimum Gasteiger partial charge on any atom is -0.480 e. The molecule has 2 rings (SSSR count). The van der Waals surface area contributed by atoms with E-state index in [1.54, 1.807) is 12.1 Å². The zero-order valence-electron chi connectivity index (χ0n) is 13.9. The first-order valence-electron chi connectivity index (χ1n) is 7.71. The van der Waals surface area contributed by atoms with E-state index in [9.17, 15) is 4.79 Å². The van der Waals surface area contributed by atoms with Gasteiger partial charge in [-0.25, -0.2) is 0 Å². The average Bonchev–Trinajstić information content (AvgIpc) is 2.50. The van der Waals surface area contributed by atoms with Crippen LogP contribution in [-0.4, -0.2) is 12.0 Å². The van der Waals surface area contributed by atoms with Gasteiger partial charge in [0, 0.05) is 10.7 Å². The number of halogens is 1. The van der Waals surface area contributed by atoms with Crippen LogP contribution in [0.15, 0.2) is 36.4 Å². The van der Waals surface area contributed by atoms with E-state index >= 15 is 0 Å². The number of hydrogen-bond acceptors (Lipinski definition) is 2. The van der Waals surface area contributed by atoms with Crippen molar-refractivity contribution in [2.24, 2.45) is 0 Å². The second-order valence-electron chi connectivity index (χ2n) is 5.73. The summed E-state index contributed by atoms with van der Waals surface area (Å²) in [4.78, 5) is 12.5. The van der Waals surface area contributed by atoms with Crippen molar-refractivity contribution in [2.75, 3.05) is 5.32 Å². The number of carbonyl (C=O) groups is 1. The smallest absolute Gasteiger partial charge is 0.265 e. The SMILES string of the molecule is CCC(Oc1ccc(C)cc1C)C(=O)Nc1cc(Cl)ccc1C. The summed E-state index contributed by atoms with van der Waals surface area (Å²) in [5.74, 6) is 0.568. The van der Waals surface area contributed by atoms with Gasteiger partial charge in [0.2, 0.25) is 0 Å². The maximum Gasteiger partial charge on any atom is 0.265 e. The summed E-state index contributed by atoms with van der Waals surface area (Å²) in [7, 11) is 0. The lowest BCUT2D eigenvalue weighted by atomic mass is 10.1. The summed E-state index contributed by atoms with van der Waals surface area (Å²) < 4.78 is 5.91. The van der Waals surface area contributed by atoms with E-state index in [0.717, 1.165) is 16.9 Å². The van der Waals surface area contributed by atoms with Gasteiger partial charge in [-0.3, -0.25) is 4.79 Å². The lowest BCUT2D eigenvalue weighted by Gasteiger charge is -2.19. The van der Waals surface area contributed by atoms with Crippen molar-refractivity contribution in [3.8, 4) is 5.75 Å². The molecule has 0 bridgehead atoms. The molecule has 0 saturated heterocycles. The number of aryl methyl sites for hydroxylation is 3. The average molecular weight is 332 g/mol. The maximum atomic E-state index is 12.5. The first-order chi connectivity index (χ1) is 10.9. The Morgan fingerprint density at radius 2 is 1.87 bits per heavy atom. The van der Waals surface area contributed by atoms with Crippen molar-refractivity contribution in [1.82, 2.24) is 0 Å². The number of hydrogen-bond donors (Lipinski definition) is 1. The predicted octanol–water partition coefficient (Wildman–Crippen LogP) is 5.06. The summed E-state index contributed by atoms with van der Waals surface area (Å²) >= 11 is 6.00. The standard InChI is InChI=1S/C19H22ClNO2/c1-5-17(23-18-9-6-12(2)10-14(18)4)19(22)21-16-11-15(20)8-7-13(16)3/h6-11,17H,5H2,1-4H3,(H,21,22). The molecule has 2 aromatic rings. The third-order valence-electron chi connectivity index (χ3n) is 3.72. The Morgan fingerprint density at radius 3 is 2.52 bits per heavy atom. The van der Waals surface area contributed by atoms with E-state index in [2.05, 4.69) is 5.32 Å². The monoisotopic (exact) mass is 331 g/mol. The van der Waals surface area contributed by atoms with Crippen LogP contribution in [-0.2, 0) is 4.79 Å². The summed E-state index contributed by atoms with van der Waals surface area (Å²) in [5, 5.41) is 3.50. The topological polar surface area (TPSA) is 38.3 Å². The Bertz CT molecular complexity index is 713. The van der Waals surface area contributed by atoms with Gasteiger partial charge in [0.05, 0.1) is 0 Å². The van der Waals surface area contributed by atoms with E-state index in [1.165, 1.54) is 5.56 Å². The summed E-state index contributed by atoms with van der Waals surface area (Å²) in [6, 6.07) is 11.4. The molecule has 0 saturated carbocycles. The number of ether oxygens (including phenoxy) is 1. The molecular formula is C19H22ClNO2. The van der Waals surface area contributed by atoms with Gasteiger partial charge in [-0.1, -0.05) is 42.3 Å². The molecule has 0 fully saturated rings. The highest BCUT2D eigenvalue weighted by Gasteiger charge is 2.20. The number of nitrogens with one attached hydrogen (secondary N) is 1. The van der Waals surface area contributed by atoms with Crippen molar-refractivity contribution in [3.63, 3.8) is 0 Å². The summed E-state index contributed by atoms with van der Waals surface area (Å²) in [6.07, 6.45) is 0.0356. The maximum absolute atomic E-state index is 12.5. The zero-order valence-corrected chi connectivity index (χ0v) is 14.7. The van der Waals surface area contributed by atoms with E-state index in [1.807, 2.05) is 52.0 Å². The van der Waals surface area contributed by atoms with Gasteiger partial charge in [-0.15, -0.1) is 0 Å². The van der Waals surface area contributed by atoms with E-state index < -0.39 is 6.10 Å². The molecule has 0 aliphatic carbocycles. The van der Waals surface area contributed by atoms with Crippen molar-refractivity contribution < 1.29 is 9.53 Å². The number of rotatable bonds is 5. The lowest BCUT2D eigenvalue weighted by molar-refractivity contribution is -0.122. The largest absolute Gasteiger partial charge is 0.480 e. The third kappa shape index (κ3) is 4.49. The molecule has 1 unspecified atom stereocenters. The van der Waals surface area contributed by atoms with Gasteiger partial charge in [0.25, 0.3) is 5.91 Å². The van der Waals surface area contributed by atoms with Gasteiger partial charge in [-0.2, -0.15) is 0 Å². The molecule has 0 aliphatic heterocycles. The molecule has 1 N–H and O–H groups in total. The van der Waals surface area contributed by atoms with E-state index in [4.69, 9.17) is 16.3 Å². The van der Waals surface area contributed by atoms with Crippen molar-refractivity contribution in [1.29, 1.82) is 0 Å². The molecule has 0 heterocycles. The lowest BCUT2D eigenvalue weighted by Crippen LogP contribution is -2.32. The second-order valence-corrected chi connectivity index (χ2v) is 6.17. The van der Waals surface area contributed by atoms with Crippen LogP contribution in [0, 0.1) is 20.8 Å². The molecular weight excluding hydrogens is 310 g/mol. The first-order valence-corrected chi connectivity index (χ1v) is 8.09. The number of benzene rings is 2. The molecule has 23 heavy (non-hydrogen) atoms. The fraction of sp³-hybridized carbons (Fsp3) is 0.316. The minimum atomic E-state index is -0.546. The van der Waals surface area contributed by atoms with Gasteiger partial charge in [0.15, 0.2) is 6.10 Å². The van der Waals surface area contributed by atoms with Gasteiger partial charge in [0.1, 0.15) is 5.75 Å². The molecule has 3 nitrogen and oxygen atoms in total. The fourth-order valence-corrected chi connectivity index (χ4v) is 2.52. The van der Waals surface area contributed by atoms with Crippen LogP contribution in [0.1, 0.15) is 30.0 Å². The number of carbonyl (C=O) groups excluding carboxylic acids is 1. The predicted molar refractivity (Wildman–Crippen MR) is 95.4 cm³/mol. The zero-order chi connectivity index (χ0) is 17.0. The summed E-state index contributed by atoms with van der Waals surface area (Å²) in [5.41, 5.74) is 3.87. The highest BCUT2D eigenvalue weighted by atomic mass is 35.5. The molecule has 2 aromatic carbocycles. The second kappa shape index (κ2) is 7.51. The Labute approximate surface area is 142 Å². The van der Waals surface area contributed by atoms with Crippen LogP contribution in [0.25, 0.3) is 0 Å². The third-order valence-corrected chi connectivity index (χ3v) is 3.96. The Balaban J connectivity index is 2.13. The van der Waals surface area contributed by atoms with Crippen molar-refractivity contribution in [2.45, 2.75) is 40.2 Å². The molecule has 4 heteroatoms. The van der Waals surface area contributed by atoms with Crippen LogP contribution in [0.5, 0.6) is 5.75 Å². The molecule has 1 amide bonds. The Morgan fingerprint density at radius 1 is 1.13 bits per heavy atom. The van der Waals surface area contributed by atoms with Gasteiger partial charge in [-0.05, 0) is 56.5 Å². The van der Waals surface area contributed by atoms with Crippen LogP contribution in [0.4, 0.5) is 5.69 Å². The molecule has 0 spiro atoms. The molecule has 0 radical (unpaired) electrons. The molecule has 1 atom stereocenters. The number of anilines is 1. The highest BCUT2D eigenvalue weighted by Crippen LogP contribution is 2.23. The van der Waals surface area contributed by atoms with Crippen LogP contribution in [0.2, 0.25) is 5.02 Å². The van der Waals surface area contributed by atoms with E-state index in [-0.39, 0.29) is 5.91 Å². The fourth-order valence-electron chi connectivity index (χ4n) is 2.35. The van der Waals surface area contributed by atoms with Crippen molar-refractivity contribution >= 4 is 23.2 Å². The van der Waals surface area contributed by atoms with E-state index in [0.29, 0.717) is 17.1 Å².